The summed E-state index contributed by atoms with van der Waals surface area (Å²) in [6, 6.07) is 14.7. The minimum absolute atomic E-state index is 0.240. The summed E-state index contributed by atoms with van der Waals surface area (Å²) < 4.78 is 23.4. The third kappa shape index (κ3) is 4.16. The molecule has 2 aromatic carbocycles. The van der Waals surface area contributed by atoms with Crippen LogP contribution in [0.3, 0.4) is 0 Å². The molecule has 1 aliphatic heterocycles. The number of ether oxygens (including phenoxy) is 2. The second kappa shape index (κ2) is 8.31. The fourth-order valence-electron chi connectivity index (χ4n) is 3.34. The molecule has 2 heterocycles. The summed E-state index contributed by atoms with van der Waals surface area (Å²) in [6.45, 7) is 3.56. The second-order valence-electron chi connectivity index (χ2n) is 6.82. The first-order valence-corrected chi connectivity index (χ1v) is 10.1. The Morgan fingerprint density at radius 1 is 1.14 bits per heavy atom. The Hall–Kier alpha value is -2.77. The largest absolute Gasteiger partial charge is 0.467 e. The average molecular weight is 412 g/mol. The number of thiazole rings is 1. The van der Waals surface area contributed by atoms with Crippen LogP contribution in [0.25, 0.3) is 21.6 Å². The van der Waals surface area contributed by atoms with Gasteiger partial charge in [0.2, 0.25) is 0 Å². The lowest BCUT2D eigenvalue weighted by molar-refractivity contribution is -0.154. The van der Waals surface area contributed by atoms with Gasteiger partial charge in [-0.25, -0.2) is 14.2 Å². The molecule has 1 saturated heterocycles. The summed E-state index contributed by atoms with van der Waals surface area (Å²) in [5, 5.41) is 0.873. The fourth-order valence-corrected chi connectivity index (χ4v) is 4.45. The van der Waals surface area contributed by atoms with Gasteiger partial charge >= 0.3 is 5.97 Å². The Balaban J connectivity index is 1.55. The van der Waals surface area contributed by atoms with Gasteiger partial charge in [-0.05, 0) is 35.7 Å². The molecule has 3 aromatic rings. The Kier molecular flexibility index (Phi) is 5.60. The monoisotopic (exact) mass is 412 g/mol. The first kappa shape index (κ1) is 19.5. The number of aromatic nitrogens is 1. The molecule has 7 heteroatoms. The number of nitrogens with zero attached hydrogens (tertiary/aromatic N) is 2. The number of rotatable bonds is 4. The maximum atomic E-state index is 13.1. The van der Waals surface area contributed by atoms with Crippen LogP contribution >= 0.6 is 11.3 Å². The van der Waals surface area contributed by atoms with Gasteiger partial charge in [-0.15, -0.1) is 0 Å². The van der Waals surface area contributed by atoms with E-state index in [0.29, 0.717) is 19.7 Å². The van der Waals surface area contributed by atoms with E-state index in [2.05, 4.69) is 17.0 Å². The normalized spacial score (nSPS) is 16.7. The molecule has 1 aromatic heterocycles. The number of methoxy groups -OCH3 is 1. The van der Waals surface area contributed by atoms with Gasteiger partial charge in [-0.2, -0.15) is 0 Å². The van der Waals surface area contributed by atoms with Crippen molar-refractivity contribution in [1.29, 1.82) is 0 Å². The molecule has 0 spiro atoms. The van der Waals surface area contributed by atoms with E-state index in [-0.39, 0.29) is 11.8 Å². The zero-order valence-electron chi connectivity index (χ0n) is 16.2. The molecule has 1 aliphatic rings. The number of esters is 1. The Labute approximate surface area is 172 Å². The third-order valence-corrected chi connectivity index (χ3v) is 6.18. The molecule has 1 atom stereocenters. The predicted octanol–water partition coefficient (Wildman–Crippen LogP) is 4.30. The fraction of sp³-hybridized carbons (Fsp3) is 0.273. The third-order valence-electron chi connectivity index (χ3n) is 4.91. The molecule has 150 valence electrons. The van der Waals surface area contributed by atoms with E-state index in [1.807, 2.05) is 19.1 Å². The van der Waals surface area contributed by atoms with Crippen LogP contribution in [-0.2, 0) is 14.3 Å². The lowest BCUT2D eigenvalue weighted by atomic mass is 10.0. The van der Waals surface area contributed by atoms with E-state index in [4.69, 9.17) is 14.5 Å². The molecule has 4 rings (SSSR count). The quantitative estimate of drug-likeness (QED) is 0.598. The molecule has 0 saturated carbocycles. The highest BCUT2D eigenvalue weighted by atomic mass is 32.1. The first-order chi connectivity index (χ1) is 14.0. The van der Waals surface area contributed by atoms with Crippen LogP contribution in [0.5, 0.6) is 0 Å². The number of hydrogen-bond donors (Lipinski definition) is 0. The van der Waals surface area contributed by atoms with Crippen molar-refractivity contribution in [3.63, 3.8) is 0 Å². The molecule has 1 fully saturated rings. The zero-order chi connectivity index (χ0) is 20.4. The Morgan fingerprint density at radius 3 is 2.41 bits per heavy atom. The van der Waals surface area contributed by atoms with Crippen molar-refractivity contribution in [3.8, 4) is 21.6 Å². The van der Waals surface area contributed by atoms with Gasteiger partial charge in [0.15, 0.2) is 11.2 Å². The maximum Gasteiger partial charge on any atom is 0.336 e. The van der Waals surface area contributed by atoms with Crippen molar-refractivity contribution >= 4 is 22.4 Å². The molecule has 0 amide bonds. The van der Waals surface area contributed by atoms with Gasteiger partial charge in [0.25, 0.3) is 0 Å². The highest BCUT2D eigenvalue weighted by molar-refractivity contribution is 7.19. The van der Waals surface area contributed by atoms with Crippen molar-refractivity contribution in [2.75, 3.05) is 31.7 Å². The number of anilines is 1. The van der Waals surface area contributed by atoms with E-state index in [0.717, 1.165) is 32.4 Å². The topological polar surface area (TPSA) is 51.7 Å². The van der Waals surface area contributed by atoms with Crippen molar-refractivity contribution in [2.45, 2.75) is 13.0 Å². The maximum absolute atomic E-state index is 13.1. The van der Waals surface area contributed by atoms with Gasteiger partial charge in [-0.3, -0.25) is 0 Å². The van der Waals surface area contributed by atoms with E-state index < -0.39 is 6.10 Å². The van der Waals surface area contributed by atoms with Gasteiger partial charge in [0.05, 0.1) is 30.8 Å². The molecule has 1 unspecified atom stereocenters. The van der Waals surface area contributed by atoms with E-state index in [9.17, 15) is 9.18 Å². The van der Waals surface area contributed by atoms with E-state index >= 15 is 0 Å². The number of hydrogen-bond acceptors (Lipinski definition) is 6. The van der Waals surface area contributed by atoms with Gasteiger partial charge in [-0.1, -0.05) is 47.7 Å². The minimum Gasteiger partial charge on any atom is -0.467 e. The minimum atomic E-state index is -0.587. The smallest absolute Gasteiger partial charge is 0.336 e. The number of carbonyl (C=O) groups is 1. The molecule has 5 nitrogen and oxygen atoms in total. The molecule has 0 aliphatic carbocycles. The van der Waals surface area contributed by atoms with Crippen LogP contribution < -0.4 is 4.90 Å². The van der Waals surface area contributed by atoms with E-state index in [1.54, 1.807) is 23.5 Å². The Morgan fingerprint density at radius 2 is 1.76 bits per heavy atom. The summed E-state index contributed by atoms with van der Waals surface area (Å²) in [7, 11) is 1.37. The Bertz CT molecular complexity index is 1000. The van der Waals surface area contributed by atoms with Crippen molar-refractivity contribution in [3.05, 3.63) is 60.0 Å². The molecule has 0 radical (unpaired) electrons. The summed E-state index contributed by atoms with van der Waals surface area (Å²) in [5.41, 5.74) is 4.03. The number of halogens is 1. The summed E-state index contributed by atoms with van der Waals surface area (Å²) in [6.07, 6.45) is -0.587. The highest BCUT2D eigenvalue weighted by Gasteiger charge is 2.29. The molecule has 0 N–H and O–H groups in total. The van der Waals surface area contributed by atoms with Crippen LogP contribution in [0.1, 0.15) is 5.69 Å². The van der Waals surface area contributed by atoms with Crippen molar-refractivity contribution in [1.82, 2.24) is 4.98 Å². The number of aryl methyl sites for hydroxylation is 1. The molecular weight excluding hydrogens is 391 g/mol. The number of carbonyl (C=O) groups excluding carboxylic acids is 1. The van der Waals surface area contributed by atoms with Gasteiger partial charge < -0.3 is 14.4 Å². The van der Waals surface area contributed by atoms with Gasteiger partial charge in [0, 0.05) is 6.54 Å². The number of morpholine rings is 1. The van der Waals surface area contributed by atoms with Crippen LogP contribution in [0, 0.1) is 12.7 Å². The lowest BCUT2D eigenvalue weighted by Gasteiger charge is -2.31. The average Bonchev–Trinajstić information content (AvgIpc) is 3.15. The summed E-state index contributed by atoms with van der Waals surface area (Å²) >= 11 is 1.60. The van der Waals surface area contributed by atoms with Crippen LogP contribution in [0.2, 0.25) is 0 Å². The van der Waals surface area contributed by atoms with Crippen molar-refractivity contribution < 1.29 is 18.7 Å². The van der Waals surface area contributed by atoms with Crippen LogP contribution in [0.4, 0.5) is 9.52 Å². The van der Waals surface area contributed by atoms with Gasteiger partial charge in [0.1, 0.15) is 5.82 Å². The SMILES string of the molecule is COC(=O)C1CN(c2nc(C)c(-c3ccc(-c4ccc(F)cc4)cc3)s2)CCO1. The lowest BCUT2D eigenvalue weighted by Crippen LogP contribution is -2.46. The summed E-state index contributed by atoms with van der Waals surface area (Å²) in [4.78, 5) is 19.7. The van der Waals surface area contributed by atoms with Crippen molar-refractivity contribution in [2.24, 2.45) is 0 Å². The first-order valence-electron chi connectivity index (χ1n) is 9.33. The van der Waals surface area contributed by atoms with Crippen LogP contribution in [0.15, 0.2) is 48.5 Å². The predicted molar refractivity (Wildman–Crippen MR) is 112 cm³/mol. The second-order valence-corrected chi connectivity index (χ2v) is 7.80. The molecular formula is C22H21FN2O3S. The molecule has 0 bridgehead atoms. The zero-order valence-corrected chi connectivity index (χ0v) is 17.0. The molecule has 29 heavy (non-hydrogen) atoms. The summed E-state index contributed by atoms with van der Waals surface area (Å²) in [5.74, 6) is -0.602. The highest BCUT2D eigenvalue weighted by Crippen LogP contribution is 2.36. The van der Waals surface area contributed by atoms with E-state index in [1.165, 1.54) is 19.2 Å². The van der Waals surface area contributed by atoms with Crippen LogP contribution in [-0.4, -0.2) is 43.9 Å². The standard InChI is InChI=1S/C22H21FN2O3S/c1-14-20(17-5-3-15(4-6-17)16-7-9-18(23)10-8-16)29-22(24-14)25-11-12-28-19(13-25)21(26)27-2/h3-10,19H,11-13H2,1-2H3. The number of benzene rings is 2.